The summed E-state index contributed by atoms with van der Waals surface area (Å²) in [5.74, 6) is 1.41. The molecule has 3 aromatic rings. The number of aromatic nitrogens is 1. The number of nitrogens with zero attached hydrogens (tertiary/aromatic N) is 2. The van der Waals surface area contributed by atoms with E-state index in [-0.39, 0.29) is 5.69 Å². The molecule has 0 fully saturated rings. The maximum atomic E-state index is 10.9. The Kier molecular flexibility index (Phi) is 5.87. The van der Waals surface area contributed by atoms with E-state index in [1.165, 1.54) is 23.5 Å². The maximum Gasteiger partial charge on any atom is 0.270 e. The van der Waals surface area contributed by atoms with Crippen molar-refractivity contribution in [2.75, 3.05) is 26.1 Å². The van der Waals surface area contributed by atoms with Crippen LogP contribution in [0.25, 0.3) is 11.3 Å². The highest BCUT2D eigenvalue weighted by Crippen LogP contribution is 2.29. The van der Waals surface area contributed by atoms with Crippen LogP contribution in [0.1, 0.15) is 5.56 Å². The van der Waals surface area contributed by atoms with Gasteiger partial charge in [0.1, 0.15) is 0 Å². The zero-order valence-corrected chi connectivity index (χ0v) is 15.8. The second-order valence-electron chi connectivity index (χ2n) is 5.71. The minimum absolute atomic E-state index is 0.0588. The third-order valence-corrected chi connectivity index (χ3v) is 4.79. The molecule has 0 unspecified atom stereocenters. The molecular weight excluding hydrogens is 366 g/mol. The van der Waals surface area contributed by atoms with E-state index in [9.17, 15) is 10.1 Å². The number of nitrogens with one attached hydrogen (secondary N) is 1. The van der Waals surface area contributed by atoms with Gasteiger partial charge in [0.25, 0.3) is 5.69 Å². The maximum absolute atomic E-state index is 10.9. The number of nitro groups is 1. The first-order chi connectivity index (χ1) is 13.1. The number of methoxy groups -OCH3 is 2. The molecule has 0 atom stereocenters. The summed E-state index contributed by atoms with van der Waals surface area (Å²) in [6.45, 7) is 0.706. The summed E-state index contributed by atoms with van der Waals surface area (Å²) in [4.78, 5) is 15.0. The summed E-state index contributed by atoms with van der Waals surface area (Å²) in [5.41, 5.74) is 2.63. The molecule has 0 amide bonds. The molecule has 27 heavy (non-hydrogen) atoms. The number of non-ortho nitro benzene ring substituents is 1. The van der Waals surface area contributed by atoms with Gasteiger partial charge in [0, 0.05) is 29.6 Å². The molecule has 0 aliphatic rings. The molecule has 7 nitrogen and oxygen atoms in total. The van der Waals surface area contributed by atoms with Gasteiger partial charge in [-0.15, -0.1) is 11.3 Å². The van der Waals surface area contributed by atoms with Crippen molar-refractivity contribution in [2.24, 2.45) is 0 Å². The Balaban J connectivity index is 1.62. The number of nitro benzene ring substituents is 1. The predicted octanol–water partition coefficient (Wildman–Crippen LogP) is 4.39. The van der Waals surface area contributed by atoms with Crippen LogP contribution in [0.15, 0.2) is 47.8 Å². The smallest absolute Gasteiger partial charge is 0.270 e. The molecule has 0 aliphatic heterocycles. The normalized spacial score (nSPS) is 10.4. The molecular formula is C19H19N3O4S. The molecule has 140 valence electrons. The predicted molar refractivity (Wildman–Crippen MR) is 106 cm³/mol. The van der Waals surface area contributed by atoms with Crippen LogP contribution in [0.4, 0.5) is 10.8 Å². The minimum atomic E-state index is -0.405. The molecule has 3 rings (SSSR count). The van der Waals surface area contributed by atoms with Crippen LogP contribution in [0.5, 0.6) is 11.5 Å². The van der Waals surface area contributed by atoms with Gasteiger partial charge in [-0.05, 0) is 24.1 Å². The van der Waals surface area contributed by atoms with Gasteiger partial charge < -0.3 is 14.8 Å². The summed E-state index contributed by atoms with van der Waals surface area (Å²) >= 11 is 1.47. The van der Waals surface area contributed by atoms with Crippen LogP contribution >= 0.6 is 11.3 Å². The van der Waals surface area contributed by atoms with Gasteiger partial charge >= 0.3 is 0 Å². The van der Waals surface area contributed by atoms with Crippen molar-refractivity contribution in [2.45, 2.75) is 6.42 Å². The molecule has 1 aromatic heterocycles. The van der Waals surface area contributed by atoms with Gasteiger partial charge in [-0.1, -0.05) is 18.2 Å². The van der Waals surface area contributed by atoms with Crippen molar-refractivity contribution in [3.8, 4) is 22.8 Å². The van der Waals surface area contributed by atoms with Gasteiger partial charge in [0.05, 0.1) is 24.8 Å². The molecule has 1 heterocycles. The first-order valence-corrected chi connectivity index (χ1v) is 9.14. The van der Waals surface area contributed by atoms with Gasteiger partial charge in [-0.2, -0.15) is 0 Å². The summed E-state index contributed by atoms with van der Waals surface area (Å²) in [5, 5.41) is 16.9. The molecule has 0 bridgehead atoms. The lowest BCUT2D eigenvalue weighted by molar-refractivity contribution is -0.384. The van der Waals surface area contributed by atoms with Crippen LogP contribution in [-0.4, -0.2) is 30.7 Å². The second kappa shape index (κ2) is 8.50. The van der Waals surface area contributed by atoms with Gasteiger partial charge in [-0.25, -0.2) is 4.98 Å². The summed E-state index contributed by atoms with van der Waals surface area (Å²) in [6, 6.07) is 12.3. The number of anilines is 1. The van der Waals surface area contributed by atoms with Crippen LogP contribution in [0, 0.1) is 10.1 Å². The Bertz CT molecular complexity index is 942. The number of rotatable bonds is 8. The fourth-order valence-corrected chi connectivity index (χ4v) is 3.36. The van der Waals surface area contributed by atoms with E-state index in [1.807, 2.05) is 29.6 Å². The first kappa shape index (κ1) is 18.7. The van der Waals surface area contributed by atoms with Gasteiger partial charge in [0.15, 0.2) is 16.6 Å². The topological polar surface area (TPSA) is 86.5 Å². The Morgan fingerprint density at radius 2 is 1.96 bits per heavy atom. The fourth-order valence-electron chi connectivity index (χ4n) is 2.62. The Morgan fingerprint density at radius 1 is 1.15 bits per heavy atom. The van der Waals surface area contributed by atoms with Crippen LogP contribution in [0.2, 0.25) is 0 Å². The Morgan fingerprint density at radius 3 is 2.70 bits per heavy atom. The van der Waals surface area contributed by atoms with E-state index in [4.69, 9.17) is 9.47 Å². The molecule has 0 spiro atoms. The highest BCUT2D eigenvalue weighted by atomic mass is 32.1. The van der Waals surface area contributed by atoms with E-state index in [1.54, 1.807) is 20.3 Å². The van der Waals surface area contributed by atoms with E-state index in [0.29, 0.717) is 18.0 Å². The molecule has 0 aliphatic carbocycles. The molecule has 0 radical (unpaired) electrons. The average molecular weight is 385 g/mol. The molecule has 2 aromatic carbocycles. The Labute approximate surface area is 160 Å². The van der Waals surface area contributed by atoms with Crippen molar-refractivity contribution in [3.05, 3.63) is 63.5 Å². The van der Waals surface area contributed by atoms with Crippen LogP contribution in [0.3, 0.4) is 0 Å². The van der Waals surface area contributed by atoms with E-state index >= 15 is 0 Å². The number of thiazole rings is 1. The number of hydrogen-bond acceptors (Lipinski definition) is 7. The number of hydrogen-bond donors (Lipinski definition) is 1. The minimum Gasteiger partial charge on any atom is -0.493 e. The average Bonchev–Trinajstić information content (AvgIpc) is 3.17. The SMILES string of the molecule is COc1ccc(CCNc2nc(-c3cccc([N+](=O)[O-])c3)cs2)cc1OC. The van der Waals surface area contributed by atoms with Crippen molar-refractivity contribution in [1.82, 2.24) is 4.98 Å². The summed E-state index contributed by atoms with van der Waals surface area (Å²) in [7, 11) is 3.23. The third kappa shape index (κ3) is 4.53. The molecule has 8 heteroatoms. The van der Waals surface area contributed by atoms with Crippen LogP contribution < -0.4 is 14.8 Å². The summed E-state index contributed by atoms with van der Waals surface area (Å²) < 4.78 is 10.6. The third-order valence-electron chi connectivity index (χ3n) is 3.99. The number of ether oxygens (including phenoxy) is 2. The van der Waals surface area contributed by atoms with Crippen molar-refractivity contribution >= 4 is 22.2 Å². The lowest BCUT2D eigenvalue weighted by Gasteiger charge is -2.09. The highest BCUT2D eigenvalue weighted by Gasteiger charge is 2.10. The fraction of sp³-hybridized carbons (Fsp3) is 0.211. The zero-order chi connectivity index (χ0) is 19.2. The quantitative estimate of drug-likeness (QED) is 0.457. The van der Waals surface area contributed by atoms with Crippen molar-refractivity contribution in [1.29, 1.82) is 0 Å². The van der Waals surface area contributed by atoms with E-state index in [2.05, 4.69) is 10.3 Å². The van der Waals surface area contributed by atoms with Crippen molar-refractivity contribution in [3.63, 3.8) is 0 Å². The molecule has 0 saturated heterocycles. The van der Waals surface area contributed by atoms with Gasteiger partial charge in [-0.3, -0.25) is 10.1 Å². The monoisotopic (exact) mass is 385 g/mol. The van der Waals surface area contributed by atoms with Crippen molar-refractivity contribution < 1.29 is 14.4 Å². The van der Waals surface area contributed by atoms with Gasteiger partial charge in [0.2, 0.25) is 0 Å². The van der Waals surface area contributed by atoms with E-state index < -0.39 is 4.92 Å². The van der Waals surface area contributed by atoms with E-state index in [0.717, 1.165) is 28.4 Å². The summed E-state index contributed by atoms with van der Waals surface area (Å²) in [6.07, 6.45) is 0.798. The standard InChI is InChI=1S/C19H19N3O4S/c1-25-17-7-6-13(10-18(17)26-2)8-9-20-19-21-16(12-27-19)14-4-3-5-15(11-14)22(23)24/h3-7,10-12H,8-9H2,1-2H3,(H,20,21). The lowest BCUT2D eigenvalue weighted by atomic mass is 10.1. The second-order valence-corrected chi connectivity index (χ2v) is 6.57. The zero-order valence-electron chi connectivity index (χ0n) is 15.0. The first-order valence-electron chi connectivity index (χ1n) is 8.26. The number of benzene rings is 2. The largest absolute Gasteiger partial charge is 0.493 e. The lowest BCUT2D eigenvalue weighted by Crippen LogP contribution is -2.05. The highest BCUT2D eigenvalue weighted by molar-refractivity contribution is 7.14. The molecule has 0 saturated carbocycles. The molecule has 1 N–H and O–H groups in total. The Hall–Kier alpha value is -3.13. The van der Waals surface area contributed by atoms with Crippen LogP contribution in [-0.2, 0) is 6.42 Å².